The van der Waals surface area contributed by atoms with Crippen LogP contribution in [0, 0.1) is 0 Å². The largest absolute Gasteiger partial charge is 0.481 e. The van der Waals surface area contributed by atoms with Crippen molar-refractivity contribution >= 4 is 33.5 Å². The van der Waals surface area contributed by atoms with Crippen LogP contribution in [0.5, 0.6) is 0 Å². The van der Waals surface area contributed by atoms with Crippen LogP contribution in [0.2, 0.25) is 0 Å². The Bertz CT molecular complexity index is 150. The van der Waals surface area contributed by atoms with Crippen molar-refractivity contribution in [2.75, 3.05) is 11.5 Å². The van der Waals surface area contributed by atoms with Gasteiger partial charge in [0.2, 0.25) is 0 Å². The van der Waals surface area contributed by atoms with Gasteiger partial charge in [-0.15, -0.1) is 0 Å². The maximum atomic E-state index is 10.0. The van der Waals surface area contributed by atoms with Crippen molar-refractivity contribution in [1.82, 2.24) is 12.3 Å². The Morgan fingerprint density at radius 2 is 1.14 bits per heavy atom. The lowest BCUT2D eigenvalue weighted by atomic mass is 10.5. The summed E-state index contributed by atoms with van der Waals surface area (Å²) >= 11 is 0. The van der Waals surface area contributed by atoms with Gasteiger partial charge in [0, 0.05) is 11.5 Å². The topological polar surface area (TPSA) is 145 Å². The van der Waals surface area contributed by atoms with Gasteiger partial charge in [-0.05, 0) is 0 Å². The molecule has 8 N–H and O–H groups in total. The highest BCUT2D eigenvalue weighted by Crippen LogP contribution is 2.22. The molecule has 0 aromatic heterocycles. The van der Waals surface area contributed by atoms with E-state index in [9.17, 15) is 9.59 Å². The van der Waals surface area contributed by atoms with E-state index in [2.05, 4.69) is 0 Å². The Kier molecular flexibility index (Phi) is 17.2. The van der Waals surface area contributed by atoms with Gasteiger partial charge in [0.1, 0.15) is 0 Å². The lowest BCUT2D eigenvalue weighted by Gasteiger charge is -1.95. The maximum absolute atomic E-state index is 10.0. The normalized spacial score (nSPS) is 8.29. The van der Waals surface area contributed by atoms with E-state index < -0.39 is 11.9 Å². The molecule has 0 aliphatic rings. The predicted molar refractivity (Wildman–Crippen MR) is 59.5 cm³/mol. The summed E-state index contributed by atoms with van der Waals surface area (Å²) in [5, 5.41) is 16.5. The Morgan fingerprint density at radius 1 is 0.857 bits per heavy atom. The summed E-state index contributed by atoms with van der Waals surface area (Å²) in [6, 6.07) is 0. The summed E-state index contributed by atoms with van der Waals surface area (Å²) in [5.41, 5.74) is 0. The molecule has 0 aliphatic heterocycles. The molecule has 0 aromatic carbocycles. The zero-order chi connectivity index (χ0) is 9.40. The number of hydrogen-bond acceptors (Lipinski definition) is 6. The Labute approximate surface area is 90.4 Å². The van der Waals surface area contributed by atoms with Crippen LogP contribution in [0.15, 0.2) is 0 Å². The van der Waals surface area contributed by atoms with Gasteiger partial charge < -0.3 is 22.5 Å². The van der Waals surface area contributed by atoms with E-state index in [0.717, 1.165) is 0 Å². The third-order valence-electron chi connectivity index (χ3n) is 0.882. The third kappa shape index (κ3) is 17.6. The average Bonchev–Trinajstić information content (AvgIpc) is 1.95. The minimum absolute atomic E-state index is 0. The van der Waals surface area contributed by atoms with Crippen LogP contribution in [-0.4, -0.2) is 33.7 Å². The summed E-state index contributed by atoms with van der Waals surface area (Å²) in [6.07, 6.45) is 0.259. The summed E-state index contributed by atoms with van der Waals surface area (Å²) in [6.45, 7) is 0. The number of carboxylic acids is 2. The highest BCUT2D eigenvalue weighted by atomic mass is 33.1. The summed E-state index contributed by atoms with van der Waals surface area (Å²) < 4.78 is 0. The number of carboxylic acid groups (broad SMARTS) is 2. The van der Waals surface area contributed by atoms with Gasteiger partial charge >= 0.3 is 11.9 Å². The fraction of sp³-hybridized carbons (Fsp3) is 0.667. The molecule has 0 amide bonds. The number of aliphatic carboxylic acids is 2. The highest BCUT2D eigenvalue weighted by Gasteiger charge is 1.99. The average molecular weight is 244 g/mol. The van der Waals surface area contributed by atoms with Crippen LogP contribution >= 0.6 is 21.6 Å². The number of hydrogen-bond donors (Lipinski definition) is 4. The van der Waals surface area contributed by atoms with Gasteiger partial charge in [-0.3, -0.25) is 9.59 Å². The lowest BCUT2D eigenvalue weighted by Crippen LogP contribution is -1.96. The minimum atomic E-state index is -0.818. The van der Waals surface area contributed by atoms with E-state index in [1.54, 1.807) is 0 Å². The molecule has 0 heterocycles. The SMILES string of the molecule is N.N.O=C(O)CCSSCCC(=O)O. The van der Waals surface area contributed by atoms with Gasteiger partial charge in [0.15, 0.2) is 0 Å². The smallest absolute Gasteiger partial charge is 0.304 e. The molecule has 0 atom stereocenters. The second-order valence-corrected chi connectivity index (χ2v) is 4.63. The van der Waals surface area contributed by atoms with Gasteiger partial charge in [0.25, 0.3) is 0 Å². The van der Waals surface area contributed by atoms with Crippen LogP contribution in [0.4, 0.5) is 0 Å². The molecule has 0 saturated heterocycles. The molecule has 0 rings (SSSR count). The Hall–Kier alpha value is -0.440. The van der Waals surface area contributed by atoms with Gasteiger partial charge in [-0.1, -0.05) is 21.6 Å². The maximum Gasteiger partial charge on any atom is 0.304 e. The molecule has 0 unspecified atom stereocenters. The fourth-order valence-corrected chi connectivity index (χ4v) is 2.33. The van der Waals surface area contributed by atoms with Crippen LogP contribution < -0.4 is 12.3 Å². The van der Waals surface area contributed by atoms with Crippen LogP contribution in [0.3, 0.4) is 0 Å². The molecule has 14 heavy (non-hydrogen) atoms. The second kappa shape index (κ2) is 12.6. The monoisotopic (exact) mass is 244 g/mol. The molecule has 6 nitrogen and oxygen atoms in total. The first kappa shape index (κ1) is 19.2. The van der Waals surface area contributed by atoms with E-state index in [4.69, 9.17) is 10.2 Å². The fourth-order valence-electron chi connectivity index (χ4n) is 0.376. The molecule has 0 aromatic rings. The standard InChI is InChI=1S/C6H10O4S2.2H3N/c7-5(8)1-3-11-12-4-2-6(9)10;;/h1-4H2,(H,7,8)(H,9,10);2*1H3. The van der Waals surface area contributed by atoms with Crippen molar-refractivity contribution in [2.45, 2.75) is 12.8 Å². The molecule has 8 heteroatoms. The van der Waals surface area contributed by atoms with Crippen LogP contribution in [-0.2, 0) is 9.59 Å². The minimum Gasteiger partial charge on any atom is -0.481 e. The van der Waals surface area contributed by atoms with E-state index in [1.165, 1.54) is 21.6 Å². The van der Waals surface area contributed by atoms with Gasteiger partial charge in [-0.2, -0.15) is 0 Å². The van der Waals surface area contributed by atoms with Crippen molar-refractivity contribution in [3.8, 4) is 0 Å². The molecular formula is C6H16N2O4S2. The Balaban J connectivity index is -0.000000605. The molecule has 0 fully saturated rings. The molecular weight excluding hydrogens is 228 g/mol. The van der Waals surface area contributed by atoms with Crippen molar-refractivity contribution in [1.29, 1.82) is 0 Å². The predicted octanol–water partition coefficient (Wildman–Crippen LogP) is 1.64. The molecule has 0 bridgehead atoms. The van der Waals surface area contributed by atoms with Crippen molar-refractivity contribution in [2.24, 2.45) is 0 Å². The van der Waals surface area contributed by atoms with Gasteiger partial charge in [0.05, 0.1) is 12.8 Å². The third-order valence-corrected chi connectivity index (χ3v) is 3.29. The first-order valence-electron chi connectivity index (χ1n) is 3.31. The van der Waals surface area contributed by atoms with Gasteiger partial charge in [-0.25, -0.2) is 0 Å². The zero-order valence-electron chi connectivity index (χ0n) is 7.77. The molecule has 86 valence electrons. The van der Waals surface area contributed by atoms with Crippen molar-refractivity contribution < 1.29 is 19.8 Å². The van der Waals surface area contributed by atoms with Crippen LogP contribution in [0.25, 0.3) is 0 Å². The molecule has 0 aliphatic carbocycles. The van der Waals surface area contributed by atoms with E-state index >= 15 is 0 Å². The highest BCUT2D eigenvalue weighted by molar-refractivity contribution is 8.76. The number of rotatable bonds is 7. The van der Waals surface area contributed by atoms with E-state index in [0.29, 0.717) is 11.5 Å². The first-order valence-corrected chi connectivity index (χ1v) is 5.79. The summed E-state index contributed by atoms with van der Waals surface area (Å²) in [4.78, 5) is 20.0. The zero-order valence-corrected chi connectivity index (χ0v) is 9.40. The lowest BCUT2D eigenvalue weighted by molar-refractivity contribution is -0.137. The van der Waals surface area contributed by atoms with E-state index in [-0.39, 0.29) is 25.1 Å². The molecule has 0 radical (unpaired) electrons. The number of carbonyl (C=O) groups is 2. The van der Waals surface area contributed by atoms with Crippen molar-refractivity contribution in [3.05, 3.63) is 0 Å². The molecule has 0 saturated carbocycles. The Morgan fingerprint density at radius 3 is 1.36 bits per heavy atom. The summed E-state index contributed by atoms with van der Waals surface area (Å²) in [7, 11) is 2.79. The first-order chi connectivity index (χ1) is 5.63. The van der Waals surface area contributed by atoms with Crippen molar-refractivity contribution in [3.63, 3.8) is 0 Å². The molecule has 0 spiro atoms. The summed E-state index contributed by atoms with van der Waals surface area (Å²) in [5.74, 6) is -0.582. The second-order valence-electron chi connectivity index (χ2n) is 1.93. The van der Waals surface area contributed by atoms with E-state index in [1.807, 2.05) is 0 Å². The quantitative estimate of drug-likeness (QED) is 0.390. The van der Waals surface area contributed by atoms with Crippen LogP contribution in [0.1, 0.15) is 12.8 Å².